The van der Waals surface area contributed by atoms with Gasteiger partial charge in [-0.25, -0.2) is 0 Å². The van der Waals surface area contributed by atoms with Crippen molar-refractivity contribution in [2.45, 2.75) is 42.3 Å². The number of nitrogens with zero attached hydrogens (tertiary/aromatic N) is 5. The van der Waals surface area contributed by atoms with Crippen molar-refractivity contribution in [2.75, 3.05) is 0 Å². The maximum atomic E-state index is 11.2. The van der Waals surface area contributed by atoms with E-state index in [1.54, 1.807) is 18.5 Å². The second-order valence-electron chi connectivity index (χ2n) is 5.72. The number of aromatic nitrogens is 4. The van der Waals surface area contributed by atoms with E-state index in [0.717, 1.165) is 47.1 Å². The van der Waals surface area contributed by atoms with E-state index in [2.05, 4.69) is 19.7 Å². The molecule has 4 rings (SSSR count). The van der Waals surface area contributed by atoms with Crippen molar-refractivity contribution in [2.24, 2.45) is 0 Å². The van der Waals surface area contributed by atoms with Crippen molar-refractivity contribution in [3.8, 4) is 0 Å². The molecule has 0 amide bonds. The molecule has 1 aliphatic heterocycles. The minimum absolute atomic E-state index is 0.0718. The van der Waals surface area contributed by atoms with Crippen LogP contribution in [0.15, 0.2) is 40.6 Å². The fourth-order valence-electron chi connectivity index (χ4n) is 3.03. The molecule has 0 spiro atoms. The van der Waals surface area contributed by atoms with Gasteiger partial charge in [-0.3, -0.25) is 15.1 Å². The zero-order chi connectivity index (χ0) is 16.5. The maximum Gasteiger partial charge on any atom is 0.278 e. The third-order valence-electron chi connectivity index (χ3n) is 4.23. The molecule has 7 nitrogen and oxygen atoms in total. The molecule has 0 unspecified atom stereocenters. The number of hydrogen-bond acceptors (Lipinski definition) is 6. The molecule has 0 fully saturated rings. The van der Waals surface area contributed by atoms with E-state index in [1.165, 1.54) is 24.2 Å². The van der Waals surface area contributed by atoms with Crippen molar-refractivity contribution < 1.29 is 4.92 Å². The lowest BCUT2D eigenvalue weighted by Gasteiger charge is -2.08. The molecule has 0 N–H and O–H groups in total. The van der Waals surface area contributed by atoms with E-state index in [-0.39, 0.29) is 10.6 Å². The van der Waals surface area contributed by atoms with Crippen LogP contribution in [0.4, 0.5) is 5.69 Å². The van der Waals surface area contributed by atoms with E-state index in [0.29, 0.717) is 5.39 Å². The molecule has 1 aromatic carbocycles. The Morgan fingerprint density at radius 2 is 2.04 bits per heavy atom. The molecular formula is C16H15N5O2S. The highest BCUT2D eigenvalue weighted by molar-refractivity contribution is 7.99. The summed E-state index contributed by atoms with van der Waals surface area (Å²) < 4.78 is 2.17. The first-order valence-corrected chi connectivity index (χ1v) is 8.67. The predicted octanol–water partition coefficient (Wildman–Crippen LogP) is 3.61. The first-order valence-electron chi connectivity index (χ1n) is 7.85. The van der Waals surface area contributed by atoms with Crippen LogP contribution in [0, 0.1) is 10.1 Å². The smallest absolute Gasteiger partial charge is 0.278 e. The normalized spacial score (nSPS) is 14.3. The van der Waals surface area contributed by atoms with E-state index in [1.807, 2.05) is 6.07 Å². The Morgan fingerprint density at radius 3 is 2.92 bits per heavy atom. The molecule has 0 saturated carbocycles. The summed E-state index contributed by atoms with van der Waals surface area (Å²) in [4.78, 5) is 15.8. The summed E-state index contributed by atoms with van der Waals surface area (Å²) in [7, 11) is 0. The van der Waals surface area contributed by atoms with Crippen LogP contribution in [0.3, 0.4) is 0 Å². The van der Waals surface area contributed by atoms with Gasteiger partial charge in [0.2, 0.25) is 0 Å². The maximum absolute atomic E-state index is 11.2. The molecule has 0 radical (unpaired) electrons. The third kappa shape index (κ3) is 2.62. The second kappa shape index (κ2) is 6.20. The van der Waals surface area contributed by atoms with E-state index >= 15 is 0 Å². The van der Waals surface area contributed by atoms with Crippen LogP contribution < -0.4 is 0 Å². The monoisotopic (exact) mass is 341 g/mol. The van der Waals surface area contributed by atoms with Crippen LogP contribution in [0.1, 0.15) is 25.1 Å². The van der Waals surface area contributed by atoms with Gasteiger partial charge in [-0.15, -0.1) is 10.2 Å². The Labute approximate surface area is 142 Å². The number of aryl methyl sites for hydroxylation is 1. The highest BCUT2D eigenvalue weighted by atomic mass is 32.2. The first kappa shape index (κ1) is 15.1. The molecular weight excluding hydrogens is 326 g/mol. The van der Waals surface area contributed by atoms with Gasteiger partial charge < -0.3 is 4.57 Å². The van der Waals surface area contributed by atoms with Crippen LogP contribution in [0.25, 0.3) is 10.8 Å². The summed E-state index contributed by atoms with van der Waals surface area (Å²) in [6, 6.07) is 5.12. The Hall–Kier alpha value is -2.48. The van der Waals surface area contributed by atoms with Gasteiger partial charge >= 0.3 is 0 Å². The van der Waals surface area contributed by atoms with Crippen molar-refractivity contribution in [3.05, 3.63) is 46.5 Å². The lowest BCUT2D eigenvalue weighted by atomic mass is 10.1. The lowest BCUT2D eigenvalue weighted by Crippen LogP contribution is -2.02. The number of fused-ring (bicyclic) bond motifs is 2. The molecule has 8 heteroatoms. The van der Waals surface area contributed by atoms with Crippen LogP contribution >= 0.6 is 11.8 Å². The molecule has 3 aromatic rings. The Morgan fingerprint density at radius 1 is 1.12 bits per heavy atom. The summed E-state index contributed by atoms with van der Waals surface area (Å²) >= 11 is 1.51. The zero-order valence-electron chi connectivity index (χ0n) is 12.9. The lowest BCUT2D eigenvalue weighted by molar-refractivity contribution is -0.383. The minimum atomic E-state index is -0.373. The van der Waals surface area contributed by atoms with Crippen molar-refractivity contribution in [1.82, 2.24) is 19.7 Å². The molecule has 1 aliphatic rings. The van der Waals surface area contributed by atoms with Gasteiger partial charge in [0.1, 0.15) is 5.82 Å². The Balaban J connectivity index is 1.77. The summed E-state index contributed by atoms with van der Waals surface area (Å²) in [5.74, 6) is 1.03. The van der Waals surface area contributed by atoms with Gasteiger partial charge in [-0.2, -0.15) is 0 Å². The second-order valence-corrected chi connectivity index (χ2v) is 6.73. The number of rotatable bonds is 3. The van der Waals surface area contributed by atoms with Crippen molar-refractivity contribution in [1.29, 1.82) is 0 Å². The quantitative estimate of drug-likeness (QED) is 0.534. The van der Waals surface area contributed by atoms with Gasteiger partial charge in [-0.1, -0.05) is 6.42 Å². The number of nitro groups is 1. The fourth-order valence-corrected chi connectivity index (χ4v) is 4.04. The molecule has 24 heavy (non-hydrogen) atoms. The highest BCUT2D eigenvalue weighted by Crippen LogP contribution is 2.36. The number of nitro benzene ring substituents is 1. The topological polar surface area (TPSA) is 86.7 Å². The molecule has 122 valence electrons. The van der Waals surface area contributed by atoms with E-state index < -0.39 is 0 Å². The molecule has 0 atom stereocenters. The summed E-state index contributed by atoms with van der Waals surface area (Å²) in [6.45, 7) is 0.928. The minimum Gasteiger partial charge on any atom is -0.306 e. The first-order chi connectivity index (χ1) is 11.7. The predicted molar refractivity (Wildman–Crippen MR) is 90.1 cm³/mol. The SMILES string of the molecule is O=[N+]([O-])c1ccc(Sc2nnc3n2CCCCC3)c2ccncc12. The van der Waals surface area contributed by atoms with Gasteiger partial charge in [0.25, 0.3) is 5.69 Å². The van der Waals surface area contributed by atoms with Crippen molar-refractivity contribution in [3.63, 3.8) is 0 Å². The van der Waals surface area contributed by atoms with Crippen LogP contribution in [-0.2, 0) is 13.0 Å². The molecule has 0 aliphatic carbocycles. The van der Waals surface area contributed by atoms with Gasteiger partial charge in [0, 0.05) is 41.7 Å². The largest absolute Gasteiger partial charge is 0.306 e. The average molecular weight is 341 g/mol. The number of non-ortho nitro benzene ring substituents is 1. The van der Waals surface area contributed by atoms with Gasteiger partial charge in [-0.05, 0) is 36.7 Å². The summed E-state index contributed by atoms with van der Waals surface area (Å²) in [5.41, 5.74) is 0.0718. The number of pyridine rings is 1. The zero-order valence-corrected chi connectivity index (χ0v) is 13.7. The van der Waals surface area contributed by atoms with E-state index in [9.17, 15) is 10.1 Å². The third-order valence-corrected chi connectivity index (χ3v) is 5.29. The van der Waals surface area contributed by atoms with Crippen LogP contribution in [0.5, 0.6) is 0 Å². The molecule has 0 saturated heterocycles. The fraction of sp³-hybridized carbons (Fsp3) is 0.312. The van der Waals surface area contributed by atoms with E-state index in [4.69, 9.17) is 0 Å². The van der Waals surface area contributed by atoms with Crippen LogP contribution in [-0.4, -0.2) is 24.7 Å². The van der Waals surface area contributed by atoms with Crippen LogP contribution in [0.2, 0.25) is 0 Å². The number of benzene rings is 1. The molecule has 2 aromatic heterocycles. The molecule has 3 heterocycles. The standard InChI is InChI=1S/C16H15N5O2S/c22-21(23)13-5-6-14(11-7-8-17-10-12(11)13)24-16-19-18-15-4-2-1-3-9-20(15)16/h5-8,10H,1-4,9H2. The Kier molecular flexibility index (Phi) is 3.89. The average Bonchev–Trinajstić information content (AvgIpc) is 2.81. The number of hydrogen-bond donors (Lipinski definition) is 0. The Bertz CT molecular complexity index is 924. The van der Waals surface area contributed by atoms with Crippen molar-refractivity contribution >= 4 is 28.2 Å². The molecule has 0 bridgehead atoms. The highest BCUT2D eigenvalue weighted by Gasteiger charge is 2.19. The van der Waals surface area contributed by atoms with Gasteiger partial charge in [0.05, 0.1) is 10.3 Å². The summed E-state index contributed by atoms with van der Waals surface area (Å²) in [6.07, 6.45) is 7.64. The summed E-state index contributed by atoms with van der Waals surface area (Å²) in [5, 5.41) is 22.1. The van der Waals surface area contributed by atoms with Gasteiger partial charge in [0.15, 0.2) is 5.16 Å².